The lowest BCUT2D eigenvalue weighted by Gasteiger charge is -1.50. The van der Waals surface area contributed by atoms with Crippen molar-refractivity contribution in [3.63, 3.8) is 0 Å². The highest BCUT2D eigenvalue weighted by atomic mass is 16.3. The predicted octanol–water partition coefficient (Wildman–Crippen LogP) is 1.42. The Labute approximate surface area is 42.0 Å². The molecule has 1 aromatic rings. The molecule has 1 rings (SSSR count). The SMILES string of the molecule is C#N.c1ccoc1. The van der Waals surface area contributed by atoms with Gasteiger partial charge in [-0.05, 0) is 12.1 Å². The van der Waals surface area contributed by atoms with Crippen molar-refractivity contribution >= 4 is 0 Å². The maximum absolute atomic E-state index is 6.50. The van der Waals surface area contributed by atoms with E-state index < -0.39 is 0 Å². The van der Waals surface area contributed by atoms with Gasteiger partial charge in [-0.2, -0.15) is 0 Å². The summed E-state index contributed by atoms with van der Waals surface area (Å²) < 4.78 is 4.58. The van der Waals surface area contributed by atoms with Gasteiger partial charge in [-0.25, -0.2) is 5.26 Å². The minimum Gasteiger partial charge on any atom is -0.473 e. The van der Waals surface area contributed by atoms with Crippen molar-refractivity contribution < 1.29 is 4.42 Å². The fourth-order valence-electron chi connectivity index (χ4n) is 0.227. The van der Waals surface area contributed by atoms with Gasteiger partial charge in [0.2, 0.25) is 0 Å². The Balaban J connectivity index is 0.000000162. The Kier molecular flexibility index (Phi) is 3.93. The van der Waals surface area contributed by atoms with Crippen molar-refractivity contribution in [1.29, 1.82) is 5.26 Å². The van der Waals surface area contributed by atoms with Gasteiger partial charge in [0.25, 0.3) is 0 Å². The normalized spacial score (nSPS) is 6.00. The first-order valence-corrected chi connectivity index (χ1v) is 1.73. The second-order valence-electron chi connectivity index (χ2n) is 0.793. The quantitative estimate of drug-likeness (QED) is 0.488. The van der Waals surface area contributed by atoms with Crippen LogP contribution in [0.25, 0.3) is 0 Å². The summed E-state index contributed by atoms with van der Waals surface area (Å²) in [6, 6.07) is 3.67. The fourth-order valence-corrected chi connectivity index (χ4v) is 0.227. The summed E-state index contributed by atoms with van der Waals surface area (Å²) in [5.41, 5.74) is 0. The summed E-state index contributed by atoms with van der Waals surface area (Å²) in [6.07, 6.45) is 3.25. The highest BCUT2D eigenvalue weighted by molar-refractivity contribution is 4.79. The molecule has 36 valence electrons. The summed E-state index contributed by atoms with van der Waals surface area (Å²) in [4.78, 5) is 0. The lowest BCUT2D eigenvalue weighted by Crippen LogP contribution is -1.16. The van der Waals surface area contributed by atoms with Crippen LogP contribution < -0.4 is 0 Å². The third-order valence-corrected chi connectivity index (χ3v) is 0.425. The van der Waals surface area contributed by atoms with Gasteiger partial charge in [-0.1, -0.05) is 0 Å². The highest BCUT2D eigenvalue weighted by Crippen LogP contribution is 1.79. The minimum absolute atomic E-state index is 1.62. The van der Waals surface area contributed by atoms with E-state index in [1.165, 1.54) is 0 Å². The van der Waals surface area contributed by atoms with E-state index in [9.17, 15) is 0 Å². The first-order chi connectivity index (χ1) is 3.50. The molecule has 0 aliphatic heterocycles. The molecule has 0 fully saturated rings. The predicted molar refractivity (Wildman–Crippen MR) is 25.4 cm³/mol. The van der Waals surface area contributed by atoms with Crippen LogP contribution >= 0.6 is 0 Å². The Morgan fingerprint density at radius 1 is 1.14 bits per heavy atom. The molecule has 0 N–H and O–H groups in total. The first kappa shape index (κ1) is 5.77. The van der Waals surface area contributed by atoms with E-state index in [1.54, 1.807) is 12.5 Å². The second kappa shape index (κ2) is 4.77. The number of hydrogen-bond donors (Lipinski definition) is 0. The molecule has 1 aromatic heterocycles. The Hall–Kier alpha value is -1.23. The molecule has 0 saturated heterocycles. The molecule has 0 aliphatic carbocycles. The Morgan fingerprint density at radius 2 is 1.57 bits per heavy atom. The lowest BCUT2D eigenvalue weighted by atomic mass is 10.7. The molecule has 0 amide bonds. The van der Waals surface area contributed by atoms with Crippen molar-refractivity contribution in [1.82, 2.24) is 0 Å². The van der Waals surface area contributed by atoms with Gasteiger partial charge in [0.05, 0.1) is 12.5 Å². The zero-order valence-electron chi connectivity index (χ0n) is 3.74. The molecular formula is C5H5NO. The van der Waals surface area contributed by atoms with E-state index >= 15 is 0 Å². The Bertz CT molecular complexity index is 91.7. The molecule has 0 bridgehead atoms. The van der Waals surface area contributed by atoms with Gasteiger partial charge in [-0.15, -0.1) is 0 Å². The van der Waals surface area contributed by atoms with E-state index in [1.807, 2.05) is 12.1 Å². The lowest BCUT2D eigenvalue weighted by molar-refractivity contribution is 0.567. The van der Waals surface area contributed by atoms with E-state index in [0.29, 0.717) is 0 Å². The molecule has 0 unspecified atom stereocenters. The number of nitriles is 1. The van der Waals surface area contributed by atoms with Crippen LogP contribution in [0.3, 0.4) is 0 Å². The number of furan rings is 1. The maximum atomic E-state index is 6.50. The summed E-state index contributed by atoms with van der Waals surface area (Å²) in [5, 5.41) is 6.50. The van der Waals surface area contributed by atoms with Gasteiger partial charge >= 0.3 is 0 Å². The number of hydrogen-bond acceptors (Lipinski definition) is 2. The second-order valence-corrected chi connectivity index (χ2v) is 0.793. The first-order valence-electron chi connectivity index (χ1n) is 1.73. The van der Waals surface area contributed by atoms with Crippen LogP contribution in [0.2, 0.25) is 0 Å². The van der Waals surface area contributed by atoms with Crippen LogP contribution in [0.5, 0.6) is 0 Å². The van der Waals surface area contributed by atoms with Gasteiger partial charge < -0.3 is 4.42 Å². The van der Waals surface area contributed by atoms with Crippen molar-refractivity contribution in [2.45, 2.75) is 0 Å². The van der Waals surface area contributed by atoms with Crippen LogP contribution in [0.1, 0.15) is 0 Å². The van der Waals surface area contributed by atoms with Crippen molar-refractivity contribution in [2.24, 2.45) is 0 Å². The van der Waals surface area contributed by atoms with Gasteiger partial charge in [-0.3, -0.25) is 0 Å². The van der Waals surface area contributed by atoms with E-state index in [2.05, 4.69) is 11.0 Å². The molecule has 1 heterocycles. The third-order valence-electron chi connectivity index (χ3n) is 0.425. The van der Waals surface area contributed by atoms with E-state index in [0.717, 1.165) is 0 Å². The molecule has 0 spiro atoms. The summed E-state index contributed by atoms with van der Waals surface area (Å²) in [5.74, 6) is 0. The largest absolute Gasteiger partial charge is 0.473 e. The van der Waals surface area contributed by atoms with E-state index in [-0.39, 0.29) is 0 Å². The molecule has 0 saturated carbocycles. The van der Waals surface area contributed by atoms with Crippen molar-refractivity contribution in [3.8, 4) is 6.57 Å². The van der Waals surface area contributed by atoms with Crippen LogP contribution in [0.15, 0.2) is 29.1 Å². The zero-order chi connectivity index (χ0) is 5.54. The maximum Gasteiger partial charge on any atom is 0.0902 e. The van der Waals surface area contributed by atoms with Crippen LogP contribution in [-0.2, 0) is 0 Å². The molecule has 7 heavy (non-hydrogen) atoms. The van der Waals surface area contributed by atoms with Gasteiger partial charge in [0.1, 0.15) is 0 Å². The van der Waals surface area contributed by atoms with Gasteiger partial charge in [0, 0.05) is 6.57 Å². The molecular weight excluding hydrogens is 90.1 g/mol. The van der Waals surface area contributed by atoms with Crippen molar-refractivity contribution in [2.75, 3.05) is 0 Å². The van der Waals surface area contributed by atoms with Gasteiger partial charge in [0.15, 0.2) is 0 Å². The number of rotatable bonds is 0. The molecule has 2 heteroatoms. The average Bonchev–Trinajstić information content (AvgIpc) is 2.23. The molecule has 0 aliphatic rings. The summed E-state index contributed by atoms with van der Waals surface area (Å²) in [6.45, 7) is 3.50. The number of nitrogens with zero attached hydrogens (tertiary/aromatic N) is 1. The average molecular weight is 95.1 g/mol. The standard InChI is InChI=1S/C4H4O.CHN/c1-2-4-5-3-1;1-2/h1-4H;1H. The molecule has 0 radical (unpaired) electrons. The third kappa shape index (κ3) is 2.58. The molecule has 0 atom stereocenters. The summed E-state index contributed by atoms with van der Waals surface area (Å²) in [7, 11) is 0. The minimum atomic E-state index is 1.62. The van der Waals surface area contributed by atoms with Crippen LogP contribution in [0.4, 0.5) is 0 Å². The van der Waals surface area contributed by atoms with Crippen LogP contribution in [-0.4, -0.2) is 0 Å². The zero-order valence-corrected chi connectivity index (χ0v) is 3.74. The fraction of sp³-hybridized carbons (Fsp3) is 0. The Morgan fingerprint density at radius 3 is 1.71 bits per heavy atom. The molecule has 0 aromatic carbocycles. The van der Waals surface area contributed by atoms with E-state index in [4.69, 9.17) is 5.26 Å². The van der Waals surface area contributed by atoms with Crippen molar-refractivity contribution in [3.05, 3.63) is 24.7 Å². The smallest absolute Gasteiger partial charge is 0.0902 e. The molecule has 2 nitrogen and oxygen atoms in total. The van der Waals surface area contributed by atoms with Crippen LogP contribution in [0, 0.1) is 11.8 Å². The summed E-state index contributed by atoms with van der Waals surface area (Å²) >= 11 is 0. The topological polar surface area (TPSA) is 36.9 Å². The highest BCUT2D eigenvalue weighted by Gasteiger charge is 1.58. The monoisotopic (exact) mass is 95.0 g/mol.